The van der Waals surface area contributed by atoms with E-state index in [1.165, 1.54) is 10.1 Å². The van der Waals surface area contributed by atoms with Crippen molar-refractivity contribution in [3.63, 3.8) is 0 Å². The molecule has 0 saturated carbocycles. The molecular formula is C13H16N4O. The van der Waals surface area contributed by atoms with Crippen molar-refractivity contribution in [2.75, 3.05) is 17.6 Å². The topological polar surface area (TPSA) is 72.9 Å². The Kier molecular flexibility index (Phi) is 3.62. The van der Waals surface area contributed by atoms with Gasteiger partial charge in [-0.3, -0.25) is 4.79 Å². The maximum atomic E-state index is 11.7. The van der Waals surface area contributed by atoms with Crippen molar-refractivity contribution in [1.29, 1.82) is 0 Å². The third-order valence-corrected chi connectivity index (χ3v) is 2.70. The summed E-state index contributed by atoms with van der Waals surface area (Å²) in [5.74, 6) is 0.385. The molecule has 5 heteroatoms. The van der Waals surface area contributed by atoms with E-state index in [2.05, 4.69) is 10.3 Å². The fourth-order valence-electron chi connectivity index (χ4n) is 1.63. The molecule has 0 spiro atoms. The van der Waals surface area contributed by atoms with Crippen LogP contribution in [0.3, 0.4) is 0 Å². The first kappa shape index (κ1) is 12.2. The molecule has 0 amide bonds. The van der Waals surface area contributed by atoms with Crippen LogP contribution in [0.15, 0.2) is 41.5 Å². The molecular weight excluding hydrogens is 228 g/mol. The number of benzene rings is 1. The van der Waals surface area contributed by atoms with Crippen LogP contribution in [0.2, 0.25) is 0 Å². The van der Waals surface area contributed by atoms with Gasteiger partial charge in [-0.2, -0.15) is 0 Å². The molecule has 0 atom stereocenters. The molecule has 5 nitrogen and oxygen atoms in total. The van der Waals surface area contributed by atoms with Crippen LogP contribution >= 0.6 is 0 Å². The minimum absolute atomic E-state index is 0.116. The molecule has 0 fully saturated rings. The van der Waals surface area contributed by atoms with Crippen LogP contribution in [-0.2, 0) is 13.5 Å². The molecule has 1 aromatic carbocycles. The SMILES string of the molecule is Cn1ccnc(NCCc2ccc(N)cc2)c1=O. The molecule has 3 N–H and O–H groups in total. The van der Waals surface area contributed by atoms with Crippen LogP contribution in [0.5, 0.6) is 0 Å². The first-order chi connectivity index (χ1) is 8.66. The molecule has 1 heterocycles. The fraction of sp³-hybridized carbons (Fsp3) is 0.231. The van der Waals surface area contributed by atoms with Crippen LogP contribution in [0, 0.1) is 0 Å². The Morgan fingerprint density at radius 2 is 2.06 bits per heavy atom. The van der Waals surface area contributed by atoms with E-state index in [4.69, 9.17) is 5.73 Å². The molecule has 1 aromatic heterocycles. The summed E-state index contributed by atoms with van der Waals surface area (Å²) in [6, 6.07) is 7.70. The summed E-state index contributed by atoms with van der Waals surface area (Å²) in [7, 11) is 1.70. The zero-order chi connectivity index (χ0) is 13.0. The molecule has 2 aromatic rings. The predicted molar refractivity (Wildman–Crippen MR) is 72.5 cm³/mol. The fourth-order valence-corrected chi connectivity index (χ4v) is 1.63. The Labute approximate surface area is 105 Å². The molecule has 0 unspecified atom stereocenters. The standard InChI is InChI=1S/C13H16N4O/c1-17-9-8-16-12(13(17)18)15-7-6-10-2-4-11(14)5-3-10/h2-5,8-9H,6-7,14H2,1H3,(H,15,16). The van der Waals surface area contributed by atoms with Gasteiger partial charge in [-0.1, -0.05) is 12.1 Å². The van der Waals surface area contributed by atoms with E-state index >= 15 is 0 Å². The third kappa shape index (κ3) is 2.88. The van der Waals surface area contributed by atoms with Gasteiger partial charge in [0.1, 0.15) is 0 Å². The molecule has 0 aliphatic carbocycles. The molecule has 0 bridgehead atoms. The lowest BCUT2D eigenvalue weighted by atomic mass is 10.1. The Hall–Kier alpha value is -2.30. The van der Waals surface area contributed by atoms with Gasteiger partial charge in [0, 0.05) is 31.7 Å². The maximum Gasteiger partial charge on any atom is 0.293 e. The largest absolute Gasteiger partial charge is 0.399 e. The van der Waals surface area contributed by atoms with Crippen LogP contribution in [-0.4, -0.2) is 16.1 Å². The minimum Gasteiger partial charge on any atom is -0.399 e. The predicted octanol–water partition coefficient (Wildman–Crippen LogP) is 1.02. The van der Waals surface area contributed by atoms with Crippen molar-refractivity contribution in [2.24, 2.45) is 7.05 Å². The van der Waals surface area contributed by atoms with Crippen molar-refractivity contribution >= 4 is 11.5 Å². The van der Waals surface area contributed by atoms with E-state index in [0.29, 0.717) is 12.4 Å². The van der Waals surface area contributed by atoms with E-state index in [1.807, 2.05) is 24.3 Å². The van der Waals surface area contributed by atoms with E-state index in [0.717, 1.165) is 12.1 Å². The van der Waals surface area contributed by atoms with Crippen molar-refractivity contribution in [2.45, 2.75) is 6.42 Å². The molecule has 0 radical (unpaired) electrons. The van der Waals surface area contributed by atoms with Gasteiger partial charge >= 0.3 is 0 Å². The first-order valence-corrected chi connectivity index (χ1v) is 5.77. The van der Waals surface area contributed by atoms with Crippen LogP contribution < -0.4 is 16.6 Å². The van der Waals surface area contributed by atoms with Crippen molar-refractivity contribution in [1.82, 2.24) is 9.55 Å². The number of aryl methyl sites for hydroxylation is 1. The number of nitrogens with zero attached hydrogens (tertiary/aromatic N) is 2. The molecule has 0 saturated heterocycles. The van der Waals surface area contributed by atoms with Crippen molar-refractivity contribution in [3.8, 4) is 0 Å². The summed E-state index contributed by atoms with van der Waals surface area (Å²) >= 11 is 0. The van der Waals surface area contributed by atoms with Crippen LogP contribution in [0.4, 0.5) is 11.5 Å². The highest BCUT2D eigenvalue weighted by molar-refractivity contribution is 5.39. The number of hydrogen-bond acceptors (Lipinski definition) is 4. The number of aromatic nitrogens is 2. The van der Waals surface area contributed by atoms with Crippen molar-refractivity contribution < 1.29 is 0 Å². The Morgan fingerprint density at radius 1 is 1.33 bits per heavy atom. The summed E-state index contributed by atoms with van der Waals surface area (Å²) < 4.78 is 1.50. The van der Waals surface area contributed by atoms with Crippen LogP contribution in [0.25, 0.3) is 0 Å². The molecule has 18 heavy (non-hydrogen) atoms. The third-order valence-electron chi connectivity index (χ3n) is 2.70. The van der Waals surface area contributed by atoms with E-state index < -0.39 is 0 Å². The second-order valence-electron chi connectivity index (χ2n) is 4.11. The minimum atomic E-state index is -0.116. The van der Waals surface area contributed by atoms with Gasteiger partial charge < -0.3 is 15.6 Å². The summed E-state index contributed by atoms with van der Waals surface area (Å²) in [6.45, 7) is 0.663. The molecule has 2 rings (SSSR count). The smallest absolute Gasteiger partial charge is 0.293 e. The number of hydrogen-bond donors (Lipinski definition) is 2. The lowest BCUT2D eigenvalue weighted by Gasteiger charge is -2.06. The maximum absolute atomic E-state index is 11.7. The van der Waals surface area contributed by atoms with Gasteiger partial charge in [0.05, 0.1) is 0 Å². The summed E-state index contributed by atoms with van der Waals surface area (Å²) in [4.78, 5) is 15.7. The number of nitrogens with two attached hydrogens (primary N) is 1. The molecule has 0 aliphatic heterocycles. The molecule has 0 aliphatic rings. The number of anilines is 2. The Bertz CT molecular complexity index is 574. The summed E-state index contributed by atoms with van der Waals surface area (Å²) in [5.41, 5.74) is 7.42. The second-order valence-corrected chi connectivity index (χ2v) is 4.11. The highest BCUT2D eigenvalue weighted by Gasteiger charge is 2.01. The average molecular weight is 244 g/mol. The summed E-state index contributed by atoms with van der Waals surface area (Å²) in [6.07, 6.45) is 4.06. The van der Waals surface area contributed by atoms with Crippen LogP contribution in [0.1, 0.15) is 5.56 Å². The normalized spacial score (nSPS) is 10.3. The van der Waals surface area contributed by atoms with E-state index in [1.54, 1.807) is 19.4 Å². The van der Waals surface area contributed by atoms with Crippen molar-refractivity contribution in [3.05, 3.63) is 52.6 Å². The van der Waals surface area contributed by atoms with Gasteiger partial charge in [0.2, 0.25) is 0 Å². The summed E-state index contributed by atoms with van der Waals surface area (Å²) in [5, 5.41) is 3.04. The monoisotopic (exact) mass is 244 g/mol. The quantitative estimate of drug-likeness (QED) is 0.787. The van der Waals surface area contributed by atoms with Gasteiger partial charge in [-0.05, 0) is 24.1 Å². The average Bonchev–Trinajstić information content (AvgIpc) is 2.37. The van der Waals surface area contributed by atoms with Gasteiger partial charge in [0.25, 0.3) is 5.56 Å². The van der Waals surface area contributed by atoms with Gasteiger partial charge in [0.15, 0.2) is 5.82 Å². The number of nitrogens with one attached hydrogen (secondary N) is 1. The highest BCUT2D eigenvalue weighted by atomic mass is 16.1. The van der Waals surface area contributed by atoms with E-state index in [-0.39, 0.29) is 5.56 Å². The second kappa shape index (κ2) is 5.35. The number of rotatable bonds is 4. The Morgan fingerprint density at radius 3 is 2.78 bits per heavy atom. The first-order valence-electron chi connectivity index (χ1n) is 5.77. The number of nitrogen functional groups attached to an aromatic ring is 1. The zero-order valence-corrected chi connectivity index (χ0v) is 10.3. The lowest BCUT2D eigenvalue weighted by Crippen LogP contribution is -2.22. The lowest BCUT2D eigenvalue weighted by molar-refractivity contribution is 0.837. The highest BCUT2D eigenvalue weighted by Crippen LogP contribution is 2.06. The van der Waals surface area contributed by atoms with E-state index in [9.17, 15) is 4.79 Å². The zero-order valence-electron chi connectivity index (χ0n) is 10.3. The van der Waals surface area contributed by atoms with Gasteiger partial charge in [-0.15, -0.1) is 0 Å². The Balaban J connectivity index is 1.94. The molecule has 94 valence electrons. The van der Waals surface area contributed by atoms with Gasteiger partial charge in [-0.25, -0.2) is 4.98 Å².